The maximum absolute atomic E-state index is 13.0. The first-order valence-corrected chi connectivity index (χ1v) is 8.26. The smallest absolute Gasteiger partial charge is 0.336 e. The summed E-state index contributed by atoms with van der Waals surface area (Å²) in [6.45, 7) is 0. The van der Waals surface area contributed by atoms with Crippen LogP contribution in [0.2, 0.25) is 0 Å². The van der Waals surface area contributed by atoms with E-state index in [4.69, 9.17) is 14.2 Å². The number of carbonyl (C=O) groups excluding carboxylic acids is 3. The lowest BCUT2D eigenvalue weighted by Gasteiger charge is -2.27. The van der Waals surface area contributed by atoms with Gasteiger partial charge in [0, 0.05) is 0 Å². The fourth-order valence-electron chi connectivity index (χ4n) is 2.80. The van der Waals surface area contributed by atoms with Crippen LogP contribution < -0.4 is 24.4 Å². The van der Waals surface area contributed by atoms with Gasteiger partial charge in [0.1, 0.15) is 11.3 Å². The number of nitrogens with one attached hydrogen (secondary N) is 1. The third kappa shape index (κ3) is 3.39. The second kappa shape index (κ2) is 7.83. The quantitative estimate of drug-likeness (QED) is 0.630. The molecule has 8 heteroatoms. The van der Waals surface area contributed by atoms with E-state index in [-0.39, 0.29) is 11.3 Å². The molecule has 0 bridgehead atoms. The van der Waals surface area contributed by atoms with Crippen LogP contribution in [-0.2, 0) is 9.59 Å². The number of hydrogen-bond donors (Lipinski definition) is 1. The van der Waals surface area contributed by atoms with E-state index in [1.54, 1.807) is 42.5 Å². The molecular weight excluding hydrogens is 364 g/mol. The third-order valence-corrected chi connectivity index (χ3v) is 4.15. The summed E-state index contributed by atoms with van der Waals surface area (Å²) in [5, 5.41) is 2.18. The van der Waals surface area contributed by atoms with Gasteiger partial charge in [-0.05, 0) is 35.9 Å². The summed E-state index contributed by atoms with van der Waals surface area (Å²) in [5.41, 5.74) is 0.571. The number of imide groups is 2. The zero-order valence-electron chi connectivity index (χ0n) is 15.5. The molecule has 0 radical (unpaired) electrons. The van der Waals surface area contributed by atoms with Gasteiger partial charge in [-0.15, -0.1) is 0 Å². The maximum Gasteiger partial charge on any atom is 0.336 e. The molecule has 0 spiro atoms. The molecule has 0 aromatic heterocycles. The number of rotatable bonds is 5. The Hall–Kier alpha value is -3.81. The van der Waals surface area contributed by atoms with Crippen molar-refractivity contribution in [3.8, 4) is 17.2 Å². The second-order valence-electron chi connectivity index (χ2n) is 5.74. The minimum absolute atomic E-state index is 0.197. The number of carbonyl (C=O) groups is 3. The van der Waals surface area contributed by atoms with Crippen molar-refractivity contribution < 1.29 is 28.6 Å². The highest BCUT2D eigenvalue weighted by molar-refractivity contribution is 6.39. The van der Waals surface area contributed by atoms with Crippen LogP contribution in [-0.4, -0.2) is 39.2 Å². The summed E-state index contributed by atoms with van der Waals surface area (Å²) in [5.74, 6) is -0.261. The van der Waals surface area contributed by atoms with Crippen LogP contribution in [0.1, 0.15) is 5.56 Å². The number of barbiturate groups is 1. The molecule has 0 saturated carbocycles. The molecule has 28 heavy (non-hydrogen) atoms. The molecule has 1 aliphatic rings. The molecule has 0 aliphatic carbocycles. The molecule has 1 N–H and O–H groups in total. The van der Waals surface area contributed by atoms with Gasteiger partial charge >= 0.3 is 6.03 Å². The number of urea groups is 1. The van der Waals surface area contributed by atoms with Crippen molar-refractivity contribution in [1.29, 1.82) is 0 Å². The fourth-order valence-corrected chi connectivity index (χ4v) is 2.80. The molecule has 1 aliphatic heterocycles. The van der Waals surface area contributed by atoms with Crippen molar-refractivity contribution in [3.63, 3.8) is 0 Å². The molecule has 3 rings (SSSR count). The third-order valence-electron chi connectivity index (χ3n) is 4.15. The Balaban J connectivity index is 2.04. The van der Waals surface area contributed by atoms with Crippen LogP contribution in [0.25, 0.3) is 6.08 Å². The van der Waals surface area contributed by atoms with Crippen LogP contribution in [0.3, 0.4) is 0 Å². The van der Waals surface area contributed by atoms with Crippen molar-refractivity contribution >= 4 is 29.6 Å². The summed E-state index contributed by atoms with van der Waals surface area (Å²) in [7, 11) is 4.41. The van der Waals surface area contributed by atoms with Gasteiger partial charge in [-0.3, -0.25) is 14.9 Å². The minimum atomic E-state index is -0.844. The highest BCUT2D eigenvalue weighted by Crippen LogP contribution is 2.32. The lowest BCUT2D eigenvalue weighted by Crippen LogP contribution is -2.54. The van der Waals surface area contributed by atoms with E-state index in [1.165, 1.54) is 27.4 Å². The molecule has 8 nitrogen and oxygen atoms in total. The number of ether oxygens (including phenoxy) is 3. The Kier molecular flexibility index (Phi) is 5.30. The van der Waals surface area contributed by atoms with Gasteiger partial charge in [0.25, 0.3) is 11.8 Å². The topological polar surface area (TPSA) is 94.2 Å². The molecule has 2 aromatic rings. The lowest BCUT2D eigenvalue weighted by atomic mass is 10.1. The van der Waals surface area contributed by atoms with Crippen LogP contribution in [0, 0.1) is 0 Å². The van der Waals surface area contributed by atoms with Crippen molar-refractivity contribution in [1.82, 2.24) is 5.32 Å². The number of methoxy groups -OCH3 is 3. The first kappa shape index (κ1) is 19.0. The molecule has 1 saturated heterocycles. The Morgan fingerprint density at radius 3 is 2.21 bits per heavy atom. The van der Waals surface area contributed by atoms with Crippen LogP contribution in [0.5, 0.6) is 17.2 Å². The zero-order valence-corrected chi connectivity index (χ0v) is 15.5. The standard InChI is InChI=1S/C20H18N2O6/c1-26-15-7-5-4-6-14(15)22-19(24)13(18(23)21-20(22)25)10-12-8-9-16(27-2)17(11-12)28-3/h4-11H,1-3H3,(H,21,23,25)/b13-10+. The number of amides is 4. The molecule has 1 fully saturated rings. The second-order valence-corrected chi connectivity index (χ2v) is 5.74. The molecule has 4 amide bonds. The minimum Gasteiger partial charge on any atom is -0.495 e. The van der Waals surface area contributed by atoms with Gasteiger partial charge < -0.3 is 14.2 Å². The van der Waals surface area contributed by atoms with E-state index in [1.807, 2.05) is 0 Å². The van der Waals surface area contributed by atoms with E-state index < -0.39 is 17.8 Å². The lowest BCUT2D eigenvalue weighted by molar-refractivity contribution is -0.122. The highest BCUT2D eigenvalue weighted by Gasteiger charge is 2.38. The Morgan fingerprint density at radius 1 is 0.857 bits per heavy atom. The fraction of sp³-hybridized carbons (Fsp3) is 0.150. The molecule has 144 valence electrons. The first-order valence-electron chi connectivity index (χ1n) is 8.26. The number of para-hydroxylation sites is 2. The Labute approximate surface area is 161 Å². The number of hydrogen-bond acceptors (Lipinski definition) is 6. The predicted octanol–water partition coefficient (Wildman–Crippen LogP) is 2.38. The van der Waals surface area contributed by atoms with E-state index in [2.05, 4.69) is 5.32 Å². The van der Waals surface area contributed by atoms with Crippen molar-refractivity contribution in [2.24, 2.45) is 0 Å². The molecular formula is C20H18N2O6. The van der Waals surface area contributed by atoms with Crippen LogP contribution in [0.4, 0.5) is 10.5 Å². The van der Waals surface area contributed by atoms with Gasteiger partial charge in [-0.25, -0.2) is 9.69 Å². The summed E-state index contributed by atoms with van der Waals surface area (Å²) >= 11 is 0. The Morgan fingerprint density at radius 2 is 1.54 bits per heavy atom. The van der Waals surface area contributed by atoms with Gasteiger partial charge in [0.2, 0.25) is 0 Å². The molecule has 0 unspecified atom stereocenters. The summed E-state index contributed by atoms with van der Waals surface area (Å²) in [6, 6.07) is 10.6. The largest absolute Gasteiger partial charge is 0.495 e. The van der Waals surface area contributed by atoms with Crippen LogP contribution >= 0.6 is 0 Å². The van der Waals surface area contributed by atoms with E-state index >= 15 is 0 Å². The summed E-state index contributed by atoms with van der Waals surface area (Å²) in [6.07, 6.45) is 1.38. The van der Waals surface area contributed by atoms with Crippen LogP contribution in [0.15, 0.2) is 48.0 Å². The van der Waals surface area contributed by atoms with Gasteiger partial charge in [-0.2, -0.15) is 0 Å². The zero-order chi connectivity index (χ0) is 20.3. The summed E-state index contributed by atoms with van der Waals surface area (Å²) < 4.78 is 15.6. The average molecular weight is 382 g/mol. The summed E-state index contributed by atoms with van der Waals surface area (Å²) in [4.78, 5) is 38.4. The predicted molar refractivity (Wildman–Crippen MR) is 102 cm³/mol. The van der Waals surface area contributed by atoms with E-state index in [0.29, 0.717) is 22.8 Å². The monoisotopic (exact) mass is 382 g/mol. The molecule has 0 atom stereocenters. The Bertz CT molecular complexity index is 982. The number of benzene rings is 2. The van der Waals surface area contributed by atoms with E-state index in [9.17, 15) is 14.4 Å². The van der Waals surface area contributed by atoms with E-state index in [0.717, 1.165) is 4.90 Å². The van der Waals surface area contributed by atoms with Crippen molar-refractivity contribution in [2.45, 2.75) is 0 Å². The number of anilines is 1. The average Bonchev–Trinajstić information content (AvgIpc) is 2.71. The molecule has 1 heterocycles. The van der Waals surface area contributed by atoms with Gasteiger partial charge in [0.15, 0.2) is 11.5 Å². The van der Waals surface area contributed by atoms with Crippen molar-refractivity contribution in [2.75, 3.05) is 26.2 Å². The highest BCUT2D eigenvalue weighted by atomic mass is 16.5. The maximum atomic E-state index is 13.0. The normalized spacial score (nSPS) is 15.5. The van der Waals surface area contributed by atoms with Crippen molar-refractivity contribution in [3.05, 3.63) is 53.6 Å². The SMILES string of the molecule is COc1ccc(/C=C2\C(=O)NC(=O)N(c3ccccc3OC)C2=O)cc1OC. The van der Waals surface area contributed by atoms with Gasteiger partial charge in [0.05, 0.1) is 27.0 Å². The number of nitrogens with zero attached hydrogens (tertiary/aromatic N) is 1. The molecule has 2 aromatic carbocycles. The van der Waals surface area contributed by atoms with Gasteiger partial charge in [-0.1, -0.05) is 18.2 Å². The first-order chi connectivity index (χ1) is 13.5.